The number of hydrogen-bond acceptors (Lipinski definition) is 0. The Morgan fingerprint density at radius 3 is 1.82 bits per heavy atom. The van der Waals surface area contributed by atoms with Crippen LogP contribution in [0.1, 0.15) is 36.4 Å². The molecule has 190 valence electrons. The molecule has 0 saturated carbocycles. The van der Waals surface area contributed by atoms with E-state index in [-0.39, 0.29) is 0 Å². The first-order valence-corrected chi connectivity index (χ1v) is 21.0. The van der Waals surface area contributed by atoms with E-state index in [4.69, 9.17) is 0 Å². The molecule has 6 aromatic rings. The molecule has 0 amide bonds. The van der Waals surface area contributed by atoms with Crippen molar-refractivity contribution in [3.63, 3.8) is 0 Å². The Morgan fingerprint density at radius 1 is 0.525 bits per heavy atom. The molecular weight excluding hydrogens is 560 g/mol. The van der Waals surface area contributed by atoms with Crippen LogP contribution in [0.5, 0.6) is 0 Å². The summed E-state index contributed by atoms with van der Waals surface area (Å²) < 4.78 is 4.27. The summed E-state index contributed by atoms with van der Waals surface area (Å²) in [5.74, 6) is 0. The summed E-state index contributed by atoms with van der Waals surface area (Å²) in [7, 11) is 0. The fourth-order valence-corrected chi connectivity index (χ4v) is 24.9. The number of hydrogen-bond donors (Lipinski definition) is 0. The van der Waals surface area contributed by atoms with Gasteiger partial charge in [0, 0.05) is 0 Å². The predicted octanol–water partition coefficient (Wildman–Crippen LogP) is 10.9. The number of fused-ring (bicyclic) bond motifs is 7. The van der Waals surface area contributed by atoms with E-state index in [0.717, 1.165) is 0 Å². The van der Waals surface area contributed by atoms with E-state index >= 15 is 0 Å². The number of allylic oxidation sites excluding steroid dienone is 2. The molecule has 6 aromatic carbocycles. The summed E-state index contributed by atoms with van der Waals surface area (Å²) in [4.78, 5) is 0. The first-order chi connectivity index (χ1) is 19.7. The normalized spacial score (nSPS) is 18.4. The second-order valence-corrected chi connectivity index (χ2v) is 23.6. The Kier molecular flexibility index (Phi) is 4.92. The van der Waals surface area contributed by atoms with Crippen LogP contribution in [0.25, 0.3) is 49.4 Å². The molecule has 1 fully saturated rings. The molecule has 0 radical (unpaired) electrons. The van der Waals surface area contributed by atoms with Crippen molar-refractivity contribution in [3.8, 4) is 22.3 Å². The average Bonchev–Trinajstić information content (AvgIpc) is 3.62. The molecule has 1 heteroatoms. The topological polar surface area (TPSA) is 0 Å². The van der Waals surface area contributed by atoms with E-state index in [1.165, 1.54) is 63.2 Å². The first kappa shape index (κ1) is 23.2. The first-order valence-electron chi connectivity index (χ1n) is 14.7. The standard InChI is InChI=1S/C24H17.C13H9.C2H4.Zr/c1-16-13-14-17-8-6-12-22(24(16)17)23-15-18-7-2-3-9-19(18)20-10-4-5-11-21(20)23;1-3-7-12-10(5-1)9-11-6-2-4-8-13(11)12;1-2;/h2-15H,1H3;1-9H;1-2H2;. The second-order valence-electron chi connectivity index (χ2n) is 12.1. The van der Waals surface area contributed by atoms with Gasteiger partial charge in [0.2, 0.25) is 0 Å². The van der Waals surface area contributed by atoms with E-state index in [1.807, 2.05) is 0 Å². The van der Waals surface area contributed by atoms with Crippen molar-refractivity contribution in [2.75, 3.05) is 0 Å². The van der Waals surface area contributed by atoms with Crippen LogP contribution in [0.2, 0.25) is 8.26 Å². The van der Waals surface area contributed by atoms with Gasteiger partial charge in [0.05, 0.1) is 0 Å². The molecule has 3 aliphatic rings. The van der Waals surface area contributed by atoms with Crippen LogP contribution in [0.4, 0.5) is 0 Å². The summed E-state index contributed by atoms with van der Waals surface area (Å²) in [5.41, 5.74) is 13.6. The minimum atomic E-state index is -2.66. The van der Waals surface area contributed by atoms with Gasteiger partial charge in [0.1, 0.15) is 0 Å². The van der Waals surface area contributed by atoms with Crippen molar-refractivity contribution < 1.29 is 20.3 Å². The van der Waals surface area contributed by atoms with Gasteiger partial charge in [-0.2, -0.15) is 0 Å². The van der Waals surface area contributed by atoms with E-state index in [9.17, 15) is 0 Å². The molecule has 1 saturated heterocycles. The molecule has 0 bridgehead atoms. The van der Waals surface area contributed by atoms with Gasteiger partial charge >= 0.3 is 242 Å². The predicted molar refractivity (Wildman–Crippen MR) is 167 cm³/mol. The Morgan fingerprint density at radius 2 is 1.10 bits per heavy atom. The fraction of sp³-hybridized carbons (Fsp3) is 0.128. The molecule has 9 rings (SSSR count). The summed E-state index contributed by atoms with van der Waals surface area (Å²) in [6, 6.07) is 46.1. The Hall–Kier alpha value is -3.54. The van der Waals surface area contributed by atoms with Crippen LogP contribution in [-0.4, -0.2) is 0 Å². The zero-order valence-corrected chi connectivity index (χ0v) is 25.2. The number of benzene rings is 6. The number of rotatable bonds is 3. The zero-order chi connectivity index (χ0) is 26.4. The van der Waals surface area contributed by atoms with Gasteiger partial charge < -0.3 is 0 Å². The van der Waals surface area contributed by atoms with Crippen LogP contribution in [0, 0.1) is 0 Å². The van der Waals surface area contributed by atoms with Crippen LogP contribution in [-0.2, 0) is 20.3 Å². The second kappa shape index (κ2) is 8.48. The van der Waals surface area contributed by atoms with Crippen molar-refractivity contribution in [3.05, 3.63) is 150 Å². The molecule has 0 nitrogen and oxygen atoms in total. The molecule has 1 aliphatic heterocycles. The molecule has 1 atom stereocenters. The van der Waals surface area contributed by atoms with Gasteiger partial charge in [-0.05, 0) is 0 Å². The van der Waals surface area contributed by atoms with Crippen molar-refractivity contribution >= 4 is 27.1 Å². The maximum atomic E-state index is 2.71. The third kappa shape index (κ3) is 3.11. The van der Waals surface area contributed by atoms with E-state index in [0.29, 0.717) is 7.25 Å². The SMILES string of the molecule is CC1=C[CH]([Zr]2([CH]3c4ccccc4-c4ccccc43)[CH2][CH2]2)c2cccc(-c3cc4ccccc4c4ccccc34)c21. The van der Waals surface area contributed by atoms with E-state index in [2.05, 4.69) is 134 Å². The van der Waals surface area contributed by atoms with Crippen LogP contribution < -0.4 is 0 Å². The molecular formula is C39H30Zr. The summed E-state index contributed by atoms with van der Waals surface area (Å²) in [6.45, 7) is 2.38. The Labute approximate surface area is 240 Å². The van der Waals surface area contributed by atoms with Crippen molar-refractivity contribution in [2.45, 2.75) is 22.4 Å². The van der Waals surface area contributed by atoms with Crippen LogP contribution >= 0.6 is 0 Å². The van der Waals surface area contributed by atoms with Crippen molar-refractivity contribution in [2.24, 2.45) is 0 Å². The third-order valence-electron chi connectivity index (χ3n) is 10.2. The maximum absolute atomic E-state index is 2.71. The summed E-state index contributed by atoms with van der Waals surface area (Å²) in [5, 5.41) is 5.36. The molecule has 0 spiro atoms. The minimum absolute atomic E-state index is 0.639. The van der Waals surface area contributed by atoms with Crippen LogP contribution in [0.15, 0.2) is 127 Å². The molecule has 0 aromatic heterocycles. The molecule has 1 unspecified atom stereocenters. The van der Waals surface area contributed by atoms with Crippen LogP contribution in [0.3, 0.4) is 0 Å². The van der Waals surface area contributed by atoms with Gasteiger partial charge in [-0.1, -0.05) is 0 Å². The monoisotopic (exact) mass is 588 g/mol. The Balaban J connectivity index is 1.24. The molecule has 1 heterocycles. The fourth-order valence-electron chi connectivity index (χ4n) is 8.37. The Bertz CT molecular complexity index is 1990. The van der Waals surface area contributed by atoms with Gasteiger partial charge in [0.15, 0.2) is 0 Å². The summed E-state index contributed by atoms with van der Waals surface area (Å²) >= 11 is -2.66. The van der Waals surface area contributed by atoms with Crippen molar-refractivity contribution in [1.29, 1.82) is 0 Å². The third-order valence-corrected chi connectivity index (χ3v) is 22.8. The zero-order valence-electron chi connectivity index (χ0n) is 22.7. The van der Waals surface area contributed by atoms with E-state index < -0.39 is 20.3 Å². The van der Waals surface area contributed by atoms with E-state index in [1.54, 1.807) is 16.7 Å². The summed E-state index contributed by atoms with van der Waals surface area (Å²) in [6.07, 6.45) is 2.71. The average molecular weight is 590 g/mol. The van der Waals surface area contributed by atoms with Gasteiger partial charge in [0.25, 0.3) is 0 Å². The van der Waals surface area contributed by atoms with Gasteiger partial charge in [-0.3, -0.25) is 0 Å². The molecule has 2 aliphatic carbocycles. The molecule has 40 heavy (non-hydrogen) atoms. The van der Waals surface area contributed by atoms with Gasteiger partial charge in [-0.25, -0.2) is 0 Å². The van der Waals surface area contributed by atoms with Crippen molar-refractivity contribution in [1.82, 2.24) is 0 Å². The van der Waals surface area contributed by atoms with Gasteiger partial charge in [-0.15, -0.1) is 0 Å². The molecule has 0 N–H and O–H groups in total. The quantitative estimate of drug-likeness (QED) is 0.180.